The molecule has 0 radical (unpaired) electrons. The van der Waals surface area contributed by atoms with Crippen molar-refractivity contribution in [2.75, 3.05) is 13.1 Å². The summed E-state index contributed by atoms with van der Waals surface area (Å²) >= 11 is 3.48. The lowest BCUT2D eigenvalue weighted by Gasteiger charge is -2.17. The molecule has 0 aliphatic carbocycles. The lowest BCUT2D eigenvalue weighted by Crippen LogP contribution is -2.22. The number of nitrogens with one attached hydrogen (secondary N) is 1. The van der Waals surface area contributed by atoms with Gasteiger partial charge in [0.2, 0.25) is 0 Å². The van der Waals surface area contributed by atoms with E-state index in [0.29, 0.717) is 5.92 Å². The van der Waals surface area contributed by atoms with Gasteiger partial charge in [0.15, 0.2) is 0 Å². The molecular formula is C14H22BrN. The third kappa shape index (κ3) is 4.67. The normalized spacial score (nSPS) is 12.7. The van der Waals surface area contributed by atoms with Crippen LogP contribution in [0.1, 0.15) is 44.6 Å². The molecule has 16 heavy (non-hydrogen) atoms. The topological polar surface area (TPSA) is 12.0 Å². The Hall–Kier alpha value is -0.340. The Morgan fingerprint density at radius 1 is 1.12 bits per heavy atom. The molecule has 0 aliphatic rings. The van der Waals surface area contributed by atoms with Crippen LogP contribution in [0.2, 0.25) is 0 Å². The van der Waals surface area contributed by atoms with Gasteiger partial charge in [0.1, 0.15) is 0 Å². The van der Waals surface area contributed by atoms with Crippen molar-refractivity contribution in [1.82, 2.24) is 5.32 Å². The molecule has 1 atom stereocenters. The van der Waals surface area contributed by atoms with E-state index < -0.39 is 0 Å². The third-order valence-corrected chi connectivity index (χ3v) is 3.32. The Bertz CT molecular complexity index is 281. The predicted octanol–water partition coefficient (Wildman–Crippen LogP) is 4.33. The molecule has 1 aromatic rings. The standard InChI is InChI=1S/C14H22BrN/c1-3-5-13(11-16-10-4-2)12-6-8-14(15)9-7-12/h6-9,13,16H,3-5,10-11H2,1-2H3. The molecule has 1 unspecified atom stereocenters. The molecule has 0 aliphatic heterocycles. The first-order valence-corrected chi connectivity index (χ1v) is 7.03. The van der Waals surface area contributed by atoms with Crippen molar-refractivity contribution >= 4 is 15.9 Å². The summed E-state index contributed by atoms with van der Waals surface area (Å²) in [5.74, 6) is 0.657. The van der Waals surface area contributed by atoms with E-state index in [1.165, 1.54) is 24.8 Å². The predicted molar refractivity (Wildman–Crippen MR) is 75.0 cm³/mol. The van der Waals surface area contributed by atoms with Gasteiger partial charge in [-0.25, -0.2) is 0 Å². The molecule has 2 heteroatoms. The number of halogens is 1. The number of benzene rings is 1. The van der Waals surface area contributed by atoms with Gasteiger partial charge >= 0.3 is 0 Å². The molecule has 1 N–H and O–H groups in total. The van der Waals surface area contributed by atoms with Crippen molar-refractivity contribution in [1.29, 1.82) is 0 Å². The minimum atomic E-state index is 0.657. The summed E-state index contributed by atoms with van der Waals surface area (Å²) in [7, 11) is 0. The summed E-state index contributed by atoms with van der Waals surface area (Å²) in [4.78, 5) is 0. The Kier molecular flexibility index (Phi) is 6.74. The molecule has 0 fully saturated rings. The summed E-state index contributed by atoms with van der Waals surface area (Å²) in [6.45, 7) is 6.69. The lowest BCUT2D eigenvalue weighted by atomic mass is 9.94. The van der Waals surface area contributed by atoms with Crippen molar-refractivity contribution in [2.45, 2.75) is 39.0 Å². The Morgan fingerprint density at radius 3 is 2.38 bits per heavy atom. The monoisotopic (exact) mass is 283 g/mol. The van der Waals surface area contributed by atoms with Crippen LogP contribution in [0.4, 0.5) is 0 Å². The molecule has 0 bridgehead atoms. The fraction of sp³-hybridized carbons (Fsp3) is 0.571. The zero-order valence-corrected chi connectivity index (χ0v) is 11.9. The van der Waals surface area contributed by atoms with Gasteiger partial charge in [-0.1, -0.05) is 48.3 Å². The number of hydrogen-bond donors (Lipinski definition) is 1. The third-order valence-electron chi connectivity index (χ3n) is 2.80. The van der Waals surface area contributed by atoms with Crippen LogP contribution in [0.25, 0.3) is 0 Å². The zero-order chi connectivity index (χ0) is 11.8. The van der Waals surface area contributed by atoms with Crippen LogP contribution in [-0.2, 0) is 0 Å². The van der Waals surface area contributed by atoms with Crippen LogP contribution in [0, 0.1) is 0 Å². The van der Waals surface area contributed by atoms with Crippen LogP contribution in [0.5, 0.6) is 0 Å². The van der Waals surface area contributed by atoms with Crippen molar-refractivity contribution in [3.63, 3.8) is 0 Å². The summed E-state index contributed by atoms with van der Waals surface area (Å²) in [6.07, 6.45) is 3.71. The van der Waals surface area contributed by atoms with Gasteiger partial charge < -0.3 is 5.32 Å². The molecule has 1 rings (SSSR count). The van der Waals surface area contributed by atoms with Gasteiger partial charge in [0.25, 0.3) is 0 Å². The first kappa shape index (κ1) is 13.7. The highest BCUT2D eigenvalue weighted by Crippen LogP contribution is 2.22. The van der Waals surface area contributed by atoms with Crippen molar-refractivity contribution in [3.8, 4) is 0 Å². The molecule has 0 aromatic heterocycles. The molecule has 1 aromatic carbocycles. The van der Waals surface area contributed by atoms with Gasteiger partial charge in [-0.3, -0.25) is 0 Å². The fourth-order valence-electron chi connectivity index (χ4n) is 1.92. The lowest BCUT2D eigenvalue weighted by molar-refractivity contribution is 0.543. The summed E-state index contributed by atoms with van der Waals surface area (Å²) in [5.41, 5.74) is 1.45. The number of hydrogen-bond acceptors (Lipinski definition) is 1. The smallest absolute Gasteiger partial charge is 0.0175 e. The van der Waals surface area contributed by atoms with Gasteiger partial charge in [0, 0.05) is 11.0 Å². The van der Waals surface area contributed by atoms with E-state index in [4.69, 9.17) is 0 Å². The molecule has 0 saturated carbocycles. The van der Waals surface area contributed by atoms with E-state index in [0.717, 1.165) is 17.6 Å². The van der Waals surface area contributed by atoms with E-state index in [1.54, 1.807) is 0 Å². The maximum atomic E-state index is 3.52. The molecule has 0 spiro atoms. The molecule has 90 valence electrons. The van der Waals surface area contributed by atoms with Crippen LogP contribution >= 0.6 is 15.9 Å². The first-order valence-electron chi connectivity index (χ1n) is 6.24. The minimum absolute atomic E-state index is 0.657. The molecule has 0 heterocycles. The molecule has 1 nitrogen and oxygen atoms in total. The highest BCUT2D eigenvalue weighted by atomic mass is 79.9. The van der Waals surface area contributed by atoms with E-state index >= 15 is 0 Å². The fourth-order valence-corrected chi connectivity index (χ4v) is 2.19. The van der Waals surface area contributed by atoms with Crippen LogP contribution < -0.4 is 5.32 Å². The van der Waals surface area contributed by atoms with Gasteiger partial charge in [-0.2, -0.15) is 0 Å². The molecular weight excluding hydrogens is 262 g/mol. The summed E-state index contributed by atoms with van der Waals surface area (Å²) in [6, 6.07) is 8.74. The largest absolute Gasteiger partial charge is 0.316 e. The molecule has 0 saturated heterocycles. The maximum absolute atomic E-state index is 3.52. The van der Waals surface area contributed by atoms with Gasteiger partial charge in [0.05, 0.1) is 0 Å². The van der Waals surface area contributed by atoms with Crippen LogP contribution in [0.3, 0.4) is 0 Å². The van der Waals surface area contributed by atoms with Gasteiger partial charge in [-0.05, 0) is 43.0 Å². The average Bonchev–Trinajstić information content (AvgIpc) is 2.29. The summed E-state index contributed by atoms with van der Waals surface area (Å²) < 4.78 is 1.16. The SMILES string of the molecule is CCCNCC(CCC)c1ccc(Br)cc1. The highest BCUT2D eigenvalue weighted by Gasteiger charge is 2.09. The van der Waals surface area contributed by atoms with E-state index in [1.807, 2.05) is 0 Å². The van der Waals surface area contributed by atoms with Gasteiger partial charge in [-0.15, -0.1) is 0 Å². The van der Waals surface area contributed by atoms with Crippen molar-refractivity contribution in [2.24, 2.45) is 0 Å². The quantitative estimate of drug-likeness (QED) is 0.735. The maximum Gasteiger partial charge on any atom is 0.0175 e. The second-order valence-electron chi connectivity index (χ2n) is 4.24. The van der Waals surface area contributed by atoms with Crippen molar-refractivity contribution < 1.29 is 0 Å². The van der Waals surface area contributed by atoms with E-state index in [9.17, 15) is 0 Å². The van der Waals surface area contributed by atoms with Crippen LogP contribution in [-0.4, -0.2) is 13.1 Å². The molecule has 0 amide bonds. The van der Waals surface area contributed by atoms with E-state index in [-0.39, 0.29) is 0 Å². The second kappa shape index (κ2) is 7.86. The second-order valence-corrected chi connectivity index (χ2v) is 5.16. The Labute approximate surface area is 108 Å². The average molecular weight is 284 g/mol. The highest BCUT2D eigenvalue weighted by molar-refractivity contribution is 9.10. The summed E-state index contributed by atoms with van der Waals surface area (Å²) in [5, 5.41) is 3.52. The minimum Gasteiger partial charge on any atom is -0.316 e. The zero-order valence-electron chi connectivity index (χ0n) is 10.3. The Balaban J connectivity index is 2.57. The Morgan fingerprint density at radius 2 is 1.81 bits per heavy atom. The first-order chi connectivity index (χ1) is 7.77. The van der Waals surface area contributed by atoms with E-state index in [2.05, 4.69) is 59.4 Å². The number of rotatable bonds is 7. The van der Waals surface area contributed by atoms with Crippen LogP contribution in [0.15, 0.2) is 28.7 Å². The van der Waals surface area contributed by atoms with Crippen molar-refractivity contribution in [3.05, 3.63) is 34.3 Å².